The van der Waals surface area contributed by atoms with Crippen molar-refractivity contribution in [1.29, 1.82) is 0 Å². The van der Waals surface area contributed by atoms with E-state index in [0.29, 0.717) is 0 Å². The Balaban J connectivity index is 2.15. The van der Waals surface area contributed by atoms with Gasteiger partial charge >= 0.3 is 0 Å². The van der Waals surface area contributed by atoms with Gasteiger partial charge in [0.2, 0.25) is 5.91 Å². The number of nitrogens with one attached hydrogen (secondary N) is 1. The zero-order valence-electron chi connectivity index (χ0n) is 10.6. The third-order valence-corrected chi connectivity index (χ3v) is 4.23. The molecule has 1 unspecified atom stereocenters. The van der Waals surface area contributed by atoms with Crippen molar-refractivity contribution in [2.75, 3.05) is 0 Å². The van der Waals surface area contributed by atoms with Crippen LogP contribution in [0.5, 0.6) is 5.75 Å². The zero-order chi connectivity index (χ0) is 14.2. The van der Waals surface area contributed by atoms with Crippen molar-refractivity contribution in [2.24, 2.45) is 0 Å². The number of piperidine rings is 1. The molecule has 1 aromatic heterocycles. The lowest BCUT2D eigenvalue weighted by Crippen LogP contribution is -2.52. The molecule has 1 atom stereocenters. The van der Waals surface area contributed by atoms with Crippen LogP contribution in [0.3, 0.4) is 0 Å². The van der Waals surface area contributed by atoms with Crippen molar-refractivity contribution in [3.63, 3.8) is 0 Å². The normalized spacial score (nSPS) is 22.6. The number of amides is 1. The molecular weight excluding hydrogens is 274 g/mol. The van der Waals surface area contributed by atoms with Crippen LogP contribution in [0.1, 0.15) is 24.0 Å². The number of ketones is 1. The van der Waals surface area contributed by atoms with Crippen molar-refractivity contribution >= 4 is 23.0 Å². The fraction of sp³-hybridized carbons (Fsp3) is 0.200. The van der Waals surface area contributed by atoms with E-state index in [-0.39, 0.29) is 30.3 Å². The van der Waals surface area contributed by atoms with E-state index in [1.165, 1.54) is 11.3 Å². The standard InChI is InChI=1S/C15H13NO3S/c17-12-3-1-10(2-4-12)15(11-5-6-20-9-11)8-13(18)7-14(19)16-15/h1-6,9,17H,7-8H2,(H,16,19). The number of thiophene rings is 1. The van der Waals surface area contributed by atoms with E-state index in [1.807, 2.05) is 16.8 Å². The zero-order valence-corrected chi connectivity index (χ0v) is 11.4. The van der Waals surface area contributed by atoms with Gasteiger partial charge in [0, 0.05) is 6.42 Å². The molecule has 1 amide bonds. The summed E-state index contributed by atoms with van der Waals surface area (Å²) in [5, 5.41) is 16.2. The Kier molecular flexibility index (Phi) is 3.06. The van der Waals surface area contributed by atoms with Crippen molar-refractivity contribution in [2.45, 2.75) is 18.4 Å². The van der Waals surface area contributed by atoms with Crippen LogP contribution in [0.15, 0.2) is 41.1 Å². The summed E-state index contributed by atoms with van der Waals surface area (Å²) in [4.78, 5) is 23.8. The first-order valence-electron chi connectivity index (χ1n) is 6.25. The molecule has 0 spiro atoms. The first-order chi connectivity index (χ1) is 9.60. The lowest BCUT2D eigenvalue weighted by molar-refractivity contribution is -0.133. The van der Waals surface area contributed by atoms with Crippen LogP contribution in [0, 0.1) is 0 Å². The van der Waals surface area contributed by atoms with Crippen LogP contribution in [0.2, 0.25) is 0 Å². The third-order valence-electron chi connectivity index (χ3n) is 3.55. The van der Waals surface area contributed by atoms with E-state index in [9.17, 15) is 14.7 Å². The molecule has 5 heteroatoms. The molecule has 0 bridgehead atoms. The molecule has 2 aromatic rings. The quantitative estimate of drug-likeness (QED) is 0.832. The van der Waals surface area contributed by atoms with Crippen molar-refractivity contribution < 1.29 is 14.7 Å². The number of hydrogen-bond donors (Lipinski definition) is 2. The lowest BCUT2D eigenvalue weighted by atomic mass is 9.77. The predicted octanol–water partition coefficient (Wildman–Crippen LogP) is 2.18. The Hall–Kier alpha value is -2.14. The molecule has 20 heavy (non-hydrogen) atoms. The minimum absolute atomic E-state index is 0.0655. The monoisotopic (exact) mass is 287 g/mol. The lowest BCUT2D eigenvalue weighted by Gasteiger charge is -2.37. The molecular formula is C15H13NO3S. The molecule has 0 radical (unpaired) electrons. The van der Waals surface area contributed by atoms with Crippen LogP contribution in [-0.4, -0.2) is 16.8 Å². The number of phenolic OH excluding ortho intramolecular Hbond substituents is 1. The van der Waals surface area contributed by atoms with E-state index in [4.69, 9.17) is 0 Å². The van der Waals surface area contributed by atoms with Gasteiger partial charge < -0.3 is 10.4 Å². The smallest absolute Gasteiger partial charge is 0.228 e. The number of aromatic hydroxyl groups is 1. The SMILES string of the molecule is O=C1CC(=O)NC(c2ccc(O)cc2)(c2ccsc2)C1. The topological polar surface area (TPSA) is 66.4 Å². The Morgan fingerprint density at radius 3 is 2.45 bits per heavy atom. The number of rotatable bonds is 2. The van der Waals surface area contributed by atoms with Gasteiger partial charge in [0.1, 0.15) is 11.5 Å². The summed E-state index contributed by atoms with van der Waals surface area (Å²) in [6, 6.07) is 8.53. The van der Waals surface area contributed by atoms with Crippen LogP contribution in [0.25, 0.3) is 0 Å². The van der Waals surface area contributed by atoms with Crippen LogP contribution in [-0.2, 0) is 15.1 Å². The molecule has 1 saturated heterocycles. The second-order valence-corrected chi connectivity index (χ2v) is 5.68. The molecule has 0 saturated carbocycles. The average molecular weight is 287 g/mol. The Morgan fingerprint density at radius 1 is 1.10 bits per heavy atom. The van der Waals surface area contributed by atoms with Crippen molar-refractivity contribution in [1.82, 2.24) is 5.32 Å². The van der Waals surface area contributed by atoms with Crippen molar-refractivity contribution in [3.8, 4) is 5.75 Å². The van der Waals surface area contributed by atoms with Gasteiger partial charge in [-0.2, -0.15) is 11.3 Å². The summed E-state index contributed by atoms with van der Waals surface area (Å²) in [7, 11) is 0. The minimum Gasteiger partial charge on any atom is -0.508 e. The van der Waals surface area contributed by atoms with Gasteiger partial charge in [-0.25, -0.2) is 0 Å². The van der Waals surface area contributed by atoms with E-state index >= 15 is 0 Å². The van der Waals surface area contributed by atoms with Crippen LogP contribution in [0.4, 0.5) is 0 Å². The highest BCUT2D eigenvalue weighted by molar-refractivity contribution is 7.08. The first kappa shape index (κ1) is 12.9. The maximum absolute atomic E-state index is 11.9. The number of carbonyl (C=O) groups is 2. The van der Waals surface area contributed by atoms with E-state index < -0.39 is 5.54 Å². The van der Waals surface area contributed by atoms with E-state index in [0.717, 1.165) is 11.1 Å². The largest absolute Gasteiger partial charge is 0.508 e. The van der Waals surface area contributed by atoms with Gasteiger partial charge in [0.25, 0.3) is 0 Å². The maximum Gasteiger partial charge on any atom is 0.228 e. The van der Waals surface area contributed by atoms with Gasteiger partial charge in [-0.15, -0.1) is 0 Å². The molecule has 2 heterocycles. The molecule has 102 valence electrons. The number of Topliss-reactive ketones (excluding diaryl/α,β-unsaturated/α-hetero) is 1. The molecule has 1 aromatic carbocycles. The summed E-state index contributed by atoms with van der Waals surface area (Å²) in [6.07, 6.45) is 0.171. The first-order valence-corrected chi connectivity index (χ1v) is 7.19. The molecule has 1 aliphatic rings. The molecule has 0 aliphatic carbocycles. The second-order valence-electron chi connectivity index (χ2n) is 4.90. The number of benzene rings is 1. The Labute approximate surface area is 120 Å². The molecule has 1 fully saturated rings. The van der Waals surface area contributed by atoms with Crippen molar-refractivity contribution in [3.05, 3.63) is 52.2 Å². The number of carbonyl (C=O) groups excluding carboxylic acids is 2. The Morgan fingerprint density at radius 2 is 1.85 bits per heavy atom. The van der Waals surface area contributed by atoms with Gasteiger partial charge in [-0.3, -0.25) is 9.59 Å². The highest BCUT2D eigenvalue weighted by Gasteiger charge is 2.42. The highest BCUT2D eigenvalue weighted by atomic mass is 32.1. The second kappa shape index (κ2) is 4.76. The average Bonchev–Trinajstić information content (AvgIpc) is 2.92. The summed E-state index contributed by atoms with van der Waals surface area (Å²) >= 11 is 1.52. The van der Waals surface area contributed by atoms with Gasteiger partial charge in [-0.05, 0) is 40.1 Å². The highest BCUT2D eigenvalue weighted by Crippen LogP contribution is 2.37. The molecule has 4 nitrogen and oxygen atoms in total. The third kappa shape index (κ3) is 2.10. The van der Waals surface area contributed by atoms with Crippen LogP contribution >= 0.6 is 11.3 Å². The molecule has 3 rings (SSSR count). The summed E-state index contributed by atoms with van der Waals surface area (Å²) < 4.78 is 0. The van der Waals surface area contributed by atoms with Gasteiger partial charge in [0.05, 0.1) is 12.0 Å². The van der Waals surface area contributed by atoms with E-state index in [1.54, 1.807) is 24.3 Å². The fourth-order valence-electron chi connectivity index (χ4n) is 2.63. The minimum atomic E-state index is -0.819. The predicted molar refractivity (Wildman–Crippen MR) is 75.6 cm³/mol. The number of phenols is 1. The fourth-order valence-corrected chi connectivity index (χ4v) is 3.36. The maximum atomic E-state index is 11.9. The summed E-state index contributed by atoms with van der Waals surface area (Å²) in [6.45, 7) is 0. The van der Waals surface area contributed by atoms with E-state index in [2.05, 4.69) is 5.32 Å². The number of hydrogen-bond acceptors (Lipinski definition) is 4. The van der Waals surface area contributed by atoms with Crippen LogP contribution < -0.4 is 5.32 Å². The van der Waals surface area contributed by atoms with Gasteiger partial charge in [0.15, 0.2) is 0 Å². The summed E-state index contributed by atoms with van der Waals surface area (Å²) in [5.41, 5.74) is 0.879. The van der Waals surface area contributed by atoms with Gasteiger partial charge in [-0.1, -0.05) is 12.1 Å². The molecule has 1 aliphatic heterocycles. The summed E-state index contributed by atoms with van der Waals surface area (Å²) in [5.74, 6) is -0.184. The Bertz CT molecular complexity index is 630. The molecule has 2 N–H and O–H groups in total.